The maximum atomic E-state index is 13.4. The smallest absolute Gasteiger partial charge is 0.290 e. The highest BCUT2D eigenvalue weighted by molar-refractivity contribution is 7.14. The lowest BCUT2D eigenvalue weighted by Crippen LogP contribution is -2.43. The third-order valence-electron chi connectivity index (χ3n) is 5.53. The fourth-order valence-corrected chi connectivity index (χ4v) is 4.91. The van der Waals surface area contributed by atoms with Crippen LogP contribution in [-0.2, 0) is 9.53 Å². The van der Waals surface area contributed by atoms with Gasteiger partial charge in [0.2, 0.25) is 5.78 Å². The molecule has 1 atom stereocenters. The SMILES string of the molecule is Cc1nc(C)c(C(=O)C2=C(O)C(=O)N(CCN3CCOCC3)[C@H]2c2ccccc2)s1. The molecule has 3 heterocycles. The molecule has 0 radical (unpaired) electrons. The van der Waals surface area contributed by atoms with Crippen LogP contribution in [0, 0.1) is 13.8 Å². The van der Waals surface area contributed by atoms with Gasteiger partial charge in [0, 0.05) is 26.2 Å². The number of morpholine rings is 1. The second kappa shape index (κ2) is 8.67. The summed E-state index contributed by atoms with van der Waals surface area (Å²) in [7, 11) is 0. The van der Waals surface area contributed by atoms with Crippen LogP contribution in [0.15, 0.2) is 41.7 Å². The Balaban J connectivity index is 1.67. The molecular formula is C22H25N3O4S. The van der Waals surface area contributed by atoms with Crippen molar-refractivity contribution in [2.75, 3.05) is 39.4 Å². The predicted octanol–water partition coefficient (Wildman–Crippen LogP) is 2.67. The van der Waals surface area contributed by atoms with Gasteiger partial charge in [0.25, 0.3) is 5.91 Å². The zero-order valence-electron chi connectivity index (χ0n) is 17.1. The quantitative estimate of drug-likeness (QED) is 0.714. The van der Waals surface area contributed by atoms with Crippen LogP contribution in [0.1, 0.15) is 32.0 Å². The van der Waals surface area contributed by atoms with Crippen LogP contribution in [-0.4, -0.2) is 71.0 Å². The van der Waals surface area contributed by atoms with Gasteiger partial charge in [-0.2, -0.15) is 0 Å². The summed E-state index contributed by atoms with van der Waals surface area (Å²) < 4.78 is 5.39. The van der Waals surface area contributed by atoms with Crippen LogP contribution < -0.4 is 0 Å². The molecule has 1 amide bonds. The Hall–Kier alpha value is -2.55. The number of aliphatic hydroxyl groups excluding tert-OH is 1. The van der Waals surface area contributed by atoms with E-state index in [2.05, 4.69) is 9.88 Å². The van der Waals surface area contributed by atoms with Gasteiger partial charge in [-0.15, -0.1) is 11.3 Å². The van der Waals surface area contributed by atoms with E-state index in [1.165, 1.54) is 11.3 Å². The molecule has 2 aliphatic heterocycles. The molecule has 0 spiro atoms. The number of rotatable bonds is 6. The van der Waals surface area contributed by atoms with Crippen LogP contribution in [0.2, 0.25) is 0 Å². The Labute approximate surface area is 179 Å². The average Bonchev–Trinajstić information content (AvgIpc) is 3.23. The van der Waals surface area contributed by atoms with Crippen LogP contribution in [0.4, 0.5) is 0 Å². The lowest BCUT2D eigenvalue weighted by Gasteiger charge is -2.31. The molecule has 2 aliphatic rings. The van der Waals surface area contributed by atoms with Gasteiger partial charge in [-0.05, 0) is 19.4 Å². The van der Waals surface area contributed by atoms with Gasteiger partial charge in [0.15, 0.2) is 5.76 Å². The molecule has 7 nitrogen and oxygen atoms in total. The van der Waals surface area contributed by atoms with Gasteiger partial charge < -0.3 is 14.7 Å². The number of aromatic nitrogens is 1. The summed E-state index contributed by atoms with van der Waals surface area (Å²) in [5.74, 6) is -1.28. The molecule has 2 aromatic rings. The molecular weight excluding hydrogens is 402 g/mol. The maximum Gasteiger partial charge on any atom is 0.290 e. The minimum atomic E-state index is -0.617. The molecule has 0 unspecified atom stereocenters. The number of carbonyl (C=O) groups excluding carboxylic acids is 2. The van der Waals surface area contributed by atoms with Gasteiger partial charge in [-0.25, -0.2) is 4.98 Å². The topological polar surface area (TPSA) is 83.0 Å². The predicted molar refractivity (Wildman–Crippen MR) is 114 cm³/mol. The van der Waals surface area contributed by atoms with Gasteiger partial charge in [-0.1, -0.05) is 30.3 Å². The fourth-order valence-electron chi connectivity index (χ4n) is 4.04. The molecule has 158 valence electrons. The Morgan fingerprint density at radius 2 is 1.90 bits per heavy atom. The Bertz CT molecular complexity index is 980. The molecule has 1 saturated heterocycles. The van der Waals surface area contributed by atoms with E-state index in [1.807, 2.05) is 37.3 Å². The van der Waals surface area contributed by atoms with Crippen molar-refractivity contribution in [2.24, 2.45) is 0 Å². The number of Topliss-reactive ketones (excluding diaryl/α,β-unsaturated/α-hetero) is 1. The number of thiazole rings is 1. The van der Waals surface area contributed by atoms with E-state index >= 15 is 0 Å². The van der Waals surface area contributed by atoms with Crippen molar-refractivity contribution in [3.63, 3.8) is 0 Å². The number of hydrogen-bond acceptors (Lipinski definition) is 7. The lowest BCUT2D eigenvalue weighted by atomic mass is 9.95. The molecule has 1 aromatic heterocycles. The first-order valence-corrected chi connectivity index (χ1v) is 10.9. The first-order chi connectivity index (χ1) is 14.5. The number of ketones is 1. The molecule has 1 aromatic carbocycles. The number of aryl methyl sites for hydroxylation is 2. The molecule has 0 bridgehead atoms. The number of hydrogen-bond donors (Lipinski definition) is 1. The van der Waals surface area contributed by atoms with Crippen molar-refractivity contribution in [1.29, 1.82) is 0 Å². The summed E-state index contributed by atoms with van der Waals surface area (Å²) in [5, 5.41) is 11.5. The minimum Gasteiger partial charge on any atom is -0.503 e. The van der Waals surface area contributed by atoms with Gasteiger partial charge in [0.05, 0.1) is 40.4 Å². The zero-order valence-corrected chi connectivity index (χ0v) is 17.9. The summed E-state index contributed by atoms with van der Waals surface area (Å²) in [6.45, 7) is 7.65. The summed E-state index contributed by atoms with van der Waals surface area (Å²) in [5.41, 5.74) is 1.56. The minimum absolute atomic E-state index is 0.139. The Kier molecular flexibility index (Phi) is 5.99. The van der Waals surface area contributed by atoms with Crippen molar-refractivity contribution in [3.05, 3.63) is 62.8 Å². The second-order valence-corrected chi connectivity index (χ2v) is 8.71. The zero-order chi connectivity index (χ0) is 21.3. The third-order valence-corrected chi connectivity index (χ3v) is 6.61. The van der Waals surface area contributed by atoms with E-state index in [0.717, 1.165) is 23.7 Å². The number of carbonyl (C=O) groups is 2. The van der Waals surface area contributed by atoms with Gasteiger partial charge in [0.1, 0.15) is 0 Å². The van der Waals surface area contributed by atoms with Gasteiger partial charge in [-0.3, -0.25) is 14.5 Å². The van der Waals surface area contributed by atoms with Crippen LogP contribution in [0.5, 0.6) is 0 Å². The number of ether oxygens (including phenoxy) is 1. The molecule has 8 heteroatoms. The second-order valence-electron chi connectivity index (χ2n) is 7.50. The van der Waals surface area contributed by atoms with Crippen LogP contribution >= 0.6 is 11.3 Å². The number of aliphatic hydroxyl groups is 1. The van der Waals surface area contributed by atoms with E-state index in [0.29, 0.717) is 36.9 Å². The summed E-state index contributed by atoms with van der Waals surface area (Å²) in [6, 6.07) is 8.79. The van der Waals surface area contributed by atoms with Crippen molar-refractivity contribution < 1.29 is 19.4 Å². The first kappa shape index (κ1) is 20.7. The number of benzene rings is 1. The molecule has 0 saturated carbocycles. The number of amides is 1. The van der Waals surface area contributed by atoms with Crippen LogP contribution in [0.25, 0.3) is 0 Å². The lowest BCUT2D eigenvalue weighted by molar-refractivity contribution is -0.129. The average molecular weight is 428 g/mol. The highest BCUT2D eigenvalue weighted by Gasteiger charge is 2.44. The van der Waals surface area contributed by atoms with Crippen molar-refractivity contribution in [1.82, 2.24) is 14.8 Å². The summed E-state index contributed by atoms with van der Waals surface area (Å²) >= 11 is 1.29. The highest BCUT2D eigenvalue weighted by Crippen LogP contribution is 2.39. The fraction of sp³-hybridized carbons (Fsp3) is 0.409. The molecule has 30 heavy (non-hydrogen) atoms. The molecule has 1 N–H and O–H groups in total. The Morgan fingerprint density at radius 1 is 1.20 bits per heavy atom. The molecule has 0 aliphatic carbocycles. The largest absolute Gasteiger partial charge is 0.503 e. The van der Waals surface area contributed by atoms with Crippen molar-refractivity contribution in [2.45, 2.75) is 19.9 Å². The summed E-state index contributed by atoms with van der Waals surface area (Å²) in [6.07, 6.45) is 0. The molecule has 4 rings (SSSR count). The standard InChI is InChI=1S/C22H25N3O4S/c1-14-21(30-15(2)23-14)19(26)17-18(16-6-4-3-5-7-16)25(22(28)20(17)27)9-8-24-10-12-29-13-11-24/h3-7,18,27H,8-13H2,1-2H3/t18-/m0/s1. The van der Waals surface area contributed by atoms with E-state index < -0.39 is 17.7 Å². The Morgan fingerprint density at radius 3 is 2.53 bits per heavy atom. The van der Waals surface area contributed by atoms with E-state index in [9.17, 15) is 14.7 Å². The third kappa shape index (κ3) is 3.90. The normalized spacial score (nSPS) is 20.3. The van der Waals surface area contributed by atoms with E-state index in [1.54, 1.807) is 11.8 Å². The monoisotopic (exact) mass is 427 g/mol. The van der Waals surface area contributed by atoms with Crippen molar-refractivity contribution >= 4 is 23.0 Å². The maximum absolute atomic E-state index is 13.4. The van der Waals surface area contributed by atoms with Crippen molar-refractivity contribution in [3.8, 4) is 0 Å². The first-order valence-electron chi connectivity index (χ1n) is 10.0. The summed E-state index contributed by atoms with van der Waals surface area (Å²) in [4.78, 5) is 35.1. The number of nitrogens with zero attached hydrogens (tertiary/aromatic N) is 3. The van der Waals surface area contributed by atoms with E-state index in [-0.39, 0.29) is 11.4 Å². The van der Waals surface area contributed by atoms with Gasteiger partial charge >= 0.3 is 0 Å². The van der Waals surface area contributed by atoms with Crippen LogP contribution in [0.3, 0.4) is 0 Å². The van der Waals surface area contributed by atoms with E-state index in [4.69, 9.17) is 4.74 Å². The molecule has 1 fully saturated rings. The highest BCUT2D eigenvalue weighted by atomic mass is 32.1.